The maximum Gasteiger partial charge on any atom is 0.176 e. The molecule has 4 heteroatoms. The first-order chi connectivity index (χ1) is 5.88. The van der Waals surface area contributed by atoms with Crippen LogP contribution in [-0.4, -0.2) is 12.1 Å². The van der Waals surface area contributed by atoms with Crippen molar-refractivity contribution in [1.82, 2.24) is 10.3 Å². The topological polar surface area (TPSA) is 57.9 Å². The summed E-state index contributed by atoms with van der Waals surface area (Å²) in [6.45, 7) is 0.452. The normalized spacial score (nSPS) is 8.67. The zero-order valence-electron chi connectivity index (χ0n) is 6.74. The van der Waals surface area contributed by atoms with Gasteiger partial charge in [-0.2, -0.15) is 5.26 Å². The molecule has 0 radical (unpaired) electrons. The number of hydrogen-bond acceptors (Lipinski definition) is 4. The highest BCUT2D eigenvalue weighted by molar-refractivity contribution is 5.29. The molecule has 1 N–H and O–H groups in total. The highest BCUT2D eigenvalue weighted by atomic mass is 16.5. The van der Waals surface area contributed by atoms with E-state index >= 15 is 0 Å². The number of nitriles is 1. The second kappa shape index (κ2) is 4.19. The molecule has 0 unspecified atom stereocenters. The van der Waals surface area contributed by atoms with E-state index in [4.69, 9.17) is 10.00 Å². The van der Waals surface area contributed by atoms with Crippen molar-refractivity contribution < 1.29 is 4.74 Å². The van der Waals surface area contributed by atoms with Gasteiger partial charge in [-0.25, -0.2) is 0 Å². The van der Waals surface area contributed by atoms with Crippen LogP contribution in [0.2, 0.25) is 0 Å². The largest absolute Gasteiger partial charge is 0.496 e. The minimum absolute atomic E-state index is 0.452. The zero-order chi connectivity index (χ0) is 8.81. The fraction of sp³-hybridized carbons (Fsp3) is 0.250. The molecule has 0 fully saturated rings. The highest BCUT2D eigenvalue weighted by Crippen LogP contribution is 2.14. The second-order valence-corrected chi connectivity index (χ2v) is 2.15. The van der Waals surface area contributed by atoms with Crippen LogP contribution in [0.5, 0.6) is 5.75 Å². The van der Waals surface area contributed by atoms with Crippen LogP contribution in [-0.2, 0) is 6.54 Å². The van der Waals surface area contributed by atoms with Gasteiger partial charge in [-0.15, -0.1) is 0 Å². The average Bonchev–Trinajstić information content (AvgIpc) is 2.15. The van der Waals surface area contributed by atoms with E-state index in [0.717, 1.165) is 11.3 Å². The summed E-state index contributed by atoms with van der Waals surface area (Å²) in [4.78, 5) is 3.92. The van der Waals surface area contributed by atoms with Crippen molar-refractivity contribution in [2.45, 2.75) is 6.54 Å². The van der Waals surface area contributed by atoms with Crippen LogP contribution in [0, 0.1) is 11.5 Å². The molecule has 1 aromatic rings. The summed E-state index contributed by atoms with van der Waals surface area (Å²) < 4.78 is 5.05. The van der Waals surface area contributed by atoms with Crippen molar-refractivity contribution in [3.63, 3.8) is 0 Å². The van der Waals surface area contributed by atoms with Gasteiger partial charge in [0.2, 0.25) is 0 Å². The van der Waals surface area contributed by atoms with Crippen LogP contribution < -0.4 is 10.1 Å². The van der Waals surface area contributed by atoms with E-state index < -0.39 is 0 Å². The molecule has 0 spiro atoms. The van der Waals surface area contributed by atoms with Gasteiger partial charge in [-0.05, 0) is 6.07 Å². The molecule has 0 saturated carbocycles. The van der Waals surface area contributed by atoms with Gasteiger partial charge in [0.05, 0.1) is 13.7 Å². The third-order valence-corrected chi connectivity index (χ3v) is 1.44. The molecule has 4 nitrogen and oxygen atoms in total. The molecule has 62 valence electrons. The summed E-state index contributed by atoms with van der Waals surface area (Å²) in [5.74, 6) is 0.743. The van der Waals surface area contributed by atoms with E-state index in [1.807, 2.05) is 6.19 Å². The van der Waals surface area contributed by atoms with Gasteiger partial charge in [0.1, 0.15) is 5.75 Å². The van der Waals surface area contributed by atoms with Crippen molar-refractivity contribution in [2.24, 2.45) is 0 Å². The summed E-state index contributed by atoms with van der Waals surface area (Å²) in [6, 6.07) is 1.76. The Hall–Kier alpha value is -1.76. The first kappa shape index (κ1) is 8.34. The Morgan fingerprint density at radius 2 is 2.58 bits per heavy atom. The number of rotatable bonds is 3. The number of hydrogen-bond donors (Lipinski definition) is 1. The number of nitrogens with one attached hydrogen (secondary N) is 1. The van der Waals surface area contributed by atoms with E-state index in [1.165, 1.54) is 0 Å². The number of nitrogens with zero attached hydrogens (tertiary/aromatic N) is 2. The van der Waals surface area contributed by atoms with Crippen molar-refractivity contribution in [3.8, 4) is 11.9 Å². The number of aromatic nitrogens is 1. The van der Waals surface area contributed by atoms with Crippen molar-refractivity contribution >= 4 is 0 Å². The lowest BCUT2D eigenvalue weighted by Gasteiger charge is -2.04. The van der Waals surface area contributed by atoms with Gasteiger partial charge >= 0.3 is 0 Å². The molecule has 0 amide bonds. The Morgan fingerprint density at radius 1 is 1.75 bits per heavy atom. The van der Waals surface area contributed by atoms with Gasteiger partial charge in [0.15, 0.2) is 6.19 Å². The average molecular weight is 163 g/mol. The smallest absolute Gasteiger partial charge is 0.176 e. The Bertz CT molecular complexity index is 293. The molecule has 0 bridgehead atoms. The first-order valence-corrected chi connectivity index (χ1v) is 3.47. The lowest BCUT2D eigenvalue weighted by Crippen LogP contribution is -2.06. The van der Waals surface area contributed by atoms with Gasteiger partial charge in [-0.3, -0.25) is 4.98 Å². The van der Waals surface area contributed by atoms with Crippen molar-refractivity contribution in [3.05, 3.63) is 24.0 Å². The summed E-state index contributed by atoms with van der Waals surface area (Å²) in [5.41, 5.74) is 0.876. The minimum Gasteiger partial charge on any atom is -0.496 e. The van der Waals surface area contributed by atoms with E-state index in [2.05, 4.69) is 10.3 Å². The summed E-state index contributed by atoms with van der Waals surface area (Å²) in [6.07, 6.45) is 5.15. The van der Waals surface area contributed by atoms with Crippen LogP contribution in [0.25, 0.3) is 0 Å². The molecule has 1 heterocycles. The SMILES string of the molecule is COc1ccncc1CNC#N. The molecular formula is C8H9N3O. The van der Waals surface area contributed by atoms with Crippen molar-refractivity contribution in [2.75, 3.05) is 7.11 Å². The predicted octanol–water partition coefficient (Wildman–Crippen LogP) is 0.661. The lowest BCUT2D eigenvalue weighted by atomic mass is 10.2. The first-order valence-electron chi connectivity index (χ1n) is 3.47. The van der Waals surface area contributed by atoms with Crippen LogP contribution >= 0.6 is 0 Å². The molecule has 0 atom stereocenters. The Balaban J connectivity index is 2.76. The number of methoxy groups -OCH3 is 1. The van der Waals surface area contributed by atoms with E-state index in [0.29, 0.717) is 6.54 Å². The predicted molar refractivity (Wildman–Crippen MR) is 43.2 cm³/mol. The van der Waals surface area contributed by atoms with E-state index in [9.17, 15) is 0 Å². The molecule has 12 heavy (non-hydrogen) atoms. The molecule has 0 aliphatic carbocycles. The number of pyridine rings is 1. The van der Waals surface area contributed by atoms with Crippen LogP contribution in [0.4, 0.5) is 0 Å². The fourth-order valence-corrected chi connectivity index (χ4v) is 0.881. The minimum atomic E-state index is 0.452. The third kappa shape index (κ3) is 1.86. The lowest BCUT2D eigenvalue weighted by molar-refractivity contribution is 0.408. The van der Waals surface area contributed by atoms with Crippen LogP contribution in [0.1, 0.15) is 5.56 Å². The molecule has 0 saturated heterocycles. The van der Waals surface area contributed by atoms with Gasteiger partial charge in [-0.1, -0.05) is 0 Å². The van der Waals surface area contributed by atoms with Crippen LogP contribution in [0.3, 0.4) is 0 Å². The summed E-state index contributed by atoms with van der Waals surface area (Å²) >= 11 is 0. The molecule has 0 aliphatic heterocycles. The highest BCUT2D eigenvalue weighted by Gasteiger charge is 1.99. The second-order valence-electron chi connectivity index (χ2n) is 2.15. The molecule has 0 aromatic carbocycles. The van der Waals surface area contributed by atoms with Gasteiger partial charge in [0.25, 0.3) is 0 Å². The Morgan fingerprint density at radius 3 is 3.25 bits per heavy atom. The van der Waals surface area contributed by atoms with E-state index in [1.54, 1.807) is 25.6 Å². The summed E-state index contributed by atoms with van der Waals surface area (Å²) in [7, 11) is 1.59. The molecule has 1 rings (SSSR count). The van der Waals surface area contributed by atoms with Crippen LogP contribution in [0.15, 0.2) is 18.5 Å². The maximum absolute atomic E-state index is 8.27. The third-order valence-electron chi connectivity index (χ3n) is 1.44. The van der Waals surface area contributed by atoms with Crippen molar-refractivity contribution in [1.29, 1.82) is 5.26 Å². The molecular weight excluding hydrogens is 154 g/mol. The van der Waals surface area contributed by atoms with Gasteiger partial charge < -0.3 is 10.1 Å². The Labute approximate surface area is 70.8 Å². The number of ether oxygens (including phenoxy) is 1. The summed E-state index contributed by atoms with van der Waals surface area (Å²) in [5, 5.41) is 10.8. The van der Waals surface area contributed by atoms with Gasteiger partial charge in [0, 0.05) is 18.0 Å². The zero-order valence-corrected chi connectivity index (χ0v) is 6.74. The standard InChI is InChI=1S/C8H9N3O/c1-12-8-2-3-10-4-7(8)5-11-6-9/h2-4,11H,5H2,1H3. The maximum atomic E-state index is 8.27. The monoisotopic (exact) mass is 163 g/mol. The fourth-order valence-electron chi connectivity index (χ4n) is 0.881. The molecule has 0 aliphatic rings. The quantitative estimate of drug-likeness (QED) is 0.525. The Kier molecular flexibility index (Phi) is 2.91. The molecule has 1 aromatic heterocycles. The van der Waals surface area contributed by atoms with E-state index in [-0.39, 0.29) is 0 Å².